The Hall–Kier alpha value is -1.42. The molecule has 1 saturated heterocycles. The van der Waals surface area contributed by atoms with Crippen LogP contribution < -0.4 is 5.59 Å². The summed E-state index contributed by atoms with van der Waals surface area (Å²) in [5.74, 6) is 0. The molecule has 1 aromatic heterocycles. The molecule has 0 aliphatic carbocycles. The first kappa shape index (κ1) is 15.0. The van der Waals surface area contributed by atoms with Crippen LogP contribution in [0.3, 0.4) is 0 Å². The smallest absolute Gasteiger partial charge is 0.398 e. The van der Waals surface area contributed by atoms with Crippen molar-refractivity contribution in [3.8, 4) is 6.07 Å². The normalized spacial score (nSPS) is 19.9. The fourth-order valence-corrected chi connectivity index (χ4v) is 2.00. The molecule has 5 nitrogen and oxygen atoms in total. The summed E-state index contributed by atoms with van der Waals surface area (Å²) in [4.78, 5) is 4.33. The van der Waals surface area contributed by atoms with E-state index >= 15 is 0 Å². The van der Waals surface area contributed by atoms with Crippen LogP contribution in [0.2, 0.25) is 0 Å². The zero-order chi connectivity index (χ0) is 15.0. The molecule has 0 amide bonds. The molecular weight excluding hydrogens is 255 g/mol. The molecule has 0 unspecified atom stereocenters. The Morgan fingerprint density at radius 3 is 2.35 bits per heavy atom. The average molecular weight is 274 g/mol. The summed E-state index contributed by atoms with van der Waals surface area (Å²) in [5, 5.41) is 9.01. The number of methoxy groups -OCH3 is 1. The topological polar surface area (TPSA) is 64.4 Å². The number of hydrogen-bond acceptors (Lipinski definition) is 5. The monoisotopic (exact) mass is 274 g/mol. The molecule has 6 heteroatoms. The van der Waals surface area contributed by atoms with Gasteiger partial charge in [-0.25, -0.2) is 4.98 Å². The highest BCUT2D eigenvalue weighted by Crippen LogP contribution is 2.36. The van der Waals surface area contributed by atoms with Gasteiger partial charge in [-0.2, -0.15) is 5.26 Å². The van der Waals surface area contributed by atoms with Crippen LogP contribution in [0.15, 0.2) is 12.1 Å². The standard InChI is InChI=1S/C14H19BN2O3/c1-13(2)14(3,4)20-15(19-13)12-10(9-18-5)6-7-11(8-16)17-12/h6-7H,9H2,1-5H3. The molecule has 2 rings (SSSR count). The van der Waals surface area contributed by atoms with E-state index in [9.17, 15) is 0 Å². The molecule has 0 bridgehead atoms. The van der Waals surface area contributed by atoms with Crippen LogP contribution in [0.5, 0.6) is 0 Å². The zero-order valence-corrected chi connectivity index (χ0v) is 12.6. The predicted molar refractivity (Wildman–Crippen MR) is 75.4 cm³/mol. The summed E-state index contributed by atoms with van der Waals surface area (Å²) in [7, 11) is 1.03. The van der Waals surface area contributed by atoms with Crippen molar-refractivity contribution in [2.24, 2.45) is 0 Å². The molecule has 0 radical (unpaired) electrons. The van der Waals surface area contributed by atoms with Gasteiger partial charge in [0.1, 0.15) is 11.8 Å². The SMILES string of the molecule is COCc1ccc(C#N)nc1B1OC(C)(C)C(C)(C)O1. The molecule has 0 N–H and O–H groups in total. The van der Waals surface area contributed by atoms with Gasteiger partial charge in [0, 0.05) is 7.11 Å². The quantitative estimate of drug-likeness (QED) is 0.779. The van der Waals surface area contributed by atoms with Crippen molar-refractivity contribution >= 4 is 12.7 Å². The van der Waals surface area contributed by atoms with Crippen molar-refractivity contribution in [3.05, 3.63) is 23.4 Å². The van der Waals surface area contributed by atoms with E-state index in [1.807, 2.05) is 39.8 Å². The van der Waals surface area contributed by atoms with E-state index in [2.05, 4.69) is 4.98 Å². The Morgan fingerprint density at radius 1 is 1.25 bits per heavy atom. The zero-order valence-electron chi connectivity index (χ0n) is 12.6. The third-order valence-corrected chi connectivity index (χ3v) is 3.90. The van der Waals surface area contributed by atoms with Gasteiger partial charge in [0.15, 0.2) is 0 Å². The number of nitrogens with zero attached hydrogens (tertiary/aromatic N) is 2. The number of ether oxygens (including phenoxy) is 1. The van der Waals surface area contributed by atoms with Crippen LogP contribution in [0.25, 0.3) is 0 Å². The Morgan fingerprint density at radius 2 is 1.85 bits per heavy atom. The number of rotatable bonds is 3. The highest BCUT2D eigenvalue weighted by molar-refractivity contribution is 6.61. The van der Waals surface area contributed by atoms with Crippen LogP contribution in [0.4, 0.5) is 0 Å². The summed E-state index contributed by atoms with van der Waals surface area (Å²) in [6.07, 6.45) is 0. The molecule has 1 aliphatic rings. The van der Waals surface area contributed by atoms with Gasteiger partial charge in [0.25, 0.3) is 0 Å². The van der Waals surface area contributed by atoms with Crippen molar-refractivity contribution in [1.82, 2.24) is 4.98 Å². The minimum absolute atomic E-state index is 0.342. The fraction of sp³-hybridized carbons (Fsp3) is 0.571. The van der Waals surface area contributed by atoms with Crippen LogP contribution in [0, 0.1) is 11.3 Å². The minimum Gasteiger partial charge on any atom is -0.398 e. The summed E-state index contributed by atoms with van der Waals surface area (Å²) in [6, 6.07) is 5.54. The maximum atomic E-state index is 9.01. The molecule has 1 aliphatic heterocycles. The molecule has 2 heterocycles. The second kappa shape index (κ2) is 5.17. The third-order valence-electron chi connectivity index (χ3n) is 3.90. The number of pyridine rings is 1. The van der Waals surface area contributed by atoms with E-state index in [-0.39, 0.29) is 0 Å². The first-order valence-corrected chi connectivity index (χ1v) is 6.55. The second-order valence-corrected chi connectivity index (χ2v) is 5.87. The number of aromatic nitrogens is 1. The van der Waals surface area contributed by atoms with Crippen LogP contribution >= 0.6 is 0 Å². The number of hydrogen-bond donors (Lipinski definition) is 0. The molecule has 0 saturated carbocycles. The molecule has 20 heavy (non-hydrogen) atoms. The first-order valence-electron chi connectivity index (χ1n) is 6.55. The van der Waals surface area contributed by atoms with Gasteiger partial charge < -0.3 is 14.0 Å². The lowest BCUT2D eigenvalue weighted by atomic mass is 9.81. The summed E-state index contributed by atoms with van der Waals surface area (Å²) in [6.45, 7) is 8.33. The van der Waals surface area contributed by atoms with Crippen molar-refractivity contribution in [1.29, 1.82) is 5.26 Å². The van der Waals surface area contributed by atoms with Gasteiger partial charge in [0.2, 0.25) is 0 Å². The van der Waals surface area contributed by atoms with E-state index in [0.29, 0.717) is 17.9 Å². The van der Waals surface area contributed by atoms with Gasteiger partial charge in [-0.15, -0.1) is 0 Å². The Labute approximate surface area is 120 Å². The van der Waals surface area contributed by atoms with E-state index < -0.39 is 18.3 Å². The molecule has 1 aromatic rings. The minimum atomic E-state index is -0.585. The molecule has 0 atom stereocenters. The Balaban J connectivity index is 2.40. The fourth-order valence-electron chi connectivity index (χ4n) is 2.00. The Bertz CT molecular complexity index is 536. The highest BCUT2D eigenvalue weighted by atomic mass is 16.7. The highest BCUT2D eigenvalue weighted by Gasteiger charge is 2.52. The Kier molecular flexibility index (Phi) is 3.87. The van der Waals surface area contributed by atoms with Gasteiger partial charge >= 0.3 is 7.12 Å². The molecule has 0 aromatic carbocycles. The van der Waals surface area contributed by atoms with Crippen molar-refractivity contribution < 1.29 is 14.0 Å². The summed E-state index contributed by atoms with van der Waals surface area (Å²) < 4.78 is 17.1. The van der Waals surface area contributed by atoms with E-state index in [1.165, 1.54) is 0 Å². The van der Waals surface area contributed by atoms with E-state index in [0.717, 1.165) is 5.56 Å². The first-order chi connectivity index (χ1) is 9.30. The molecular formula is C14H19BN2O3. The van der Waals surface area contributed by atoms with Crippen LogP contribution in [-0.2, 0) is 20.7 Å². The van der Waals surface area contributed by atoms with Crippen molar-refractivity contribution in [2.75, 3.05) is 7.11 Å². The maximum Gasteiger partial charge on any atom is 0.514 e. The van der Waals surface area contributed by atoms with E-state index in [4.69, 9.17) is 19.3 Å². The molecule has 1 fully saturated rings. The lowest BCUT2D eigenvalue weighted by Gasteiger charge is -2.32. The van der Waals surface area contributed by atoms with Gasteiger partial charge in [-0.3, -0.25) is 0 Å². The lowest BCUT2D eigenvalue weighted by Crippen LogP contribution is -2.41. The molecule has 0 spiro atoms. The van der Waals surface area contributed by atoms with Crippen LogP contribution in [-0.4, -0.2) is 30.4 Å². The van der Waals surface area contributed by atoms with Gasteiger partial charge in [0.05, 0.1) is 23.4 Å². The van der Waals surface area contributed by atoms with Crippen LogP contribution in [0.1, 0.15) is 39.0 Å². The maximum absolute atomic E-state index is 9.01. The molecule has 106 valence electrons. The summed E-state index contributed by atoms with van der Waals surface area (Å²) in [5.41, 5.74) is 0.947. The van der Waals surface area contributed by atoms with Crippen molar-refractivity contribution in [2.45, 2.75) is 45.5 Å². The second-order valence-electron chi connectivity index (χ2n) is 5.87. The van der Waals surface area contributed by atoms with Gasteiger partial charge in [-0.1, -0.05) is 6.07 Å². The predicted octanol–water partition coefficient (Wildman–Crippen LogP) is 1.40. The largest absolute Gasteiger partial charge is 0.514 e. The van der Waals surface area contributed by atoms with Gasteiger partial charge in [-0.05, 0) is 39.3 Å². The lowest BCUT2D eigenvalue weighted by molar-refractivity contribution is 0.00578. The van der Waals surface area contributed by atoms with Crippen molar-refractivity contribution in [3.63, 3.8) is 0 Å². The average Bonchev–Trinajstić information content (AvgIpc) is 2.59. The summed E-state index contributed by atoms with van der Waals surface area (Å²) >= 11 is 0. The van der Waals surface area contributed by atoms with E-state index in [1.54, 1.807) is 13.2 Å². The third kappa shape index (κ3) is 2.57. The number of nitriles is 1.